The van der Waals surface area contributed by atoms with E-state index in [2.05, 4.69) is 0 Å². The normalized spacial score (nSPS) is 14.2. The van der Waals surface area contributed by atoms with Crippen LogP contribution in [0.4, 0.5) is 5.69 Å². The number of aliphatic hydroxyl groups is 1. The predicted octanol–water partition coefficient (Wildman–Crippen LogP) is 2.36. The Morgan fingerprint density at radius 2 is 1.94 bits per heavy atom. The molecule has 1 aromatic carbocycles. The highest BCUT2D eigenvalue weighted by Gasteiger charge is 2.22. The van der Waals surface area contributed by atoms with Crippen LogP contribution in [-0.2, 0) is 0 Å². The van der Waals surface area contributed by atoms with Crippen LogP contribution in [0, 0.1) is 24.0 Å². The van der Waals surface area contributed by atoms with E-state index in [9.17, 15) is 15.2 Å². The maximum Gasteiger partial charge on any atom is 0.311 e. The number of nitro benzene ring substituents is 1. The van der Waals surface area contributed by atoms with Gasteiger partial charge in [-0.05, 0) is 38.8 Å². The highest BCUT2D eigenvalue weighted by atomic mass is 16.6. The summed E-state index contributed by atoms with van der Waals surface area (Å²) in [7, 11) is 0. The third-order valence-electron chi connectivity index (χ3n) is 2.58. The summed E-state index contributed by atoms with van der Waals surface area (Å²) in [5, 5.41) is 20.3. The van der Waals surface area contributed by atoms with Crippen LogP contribution < -0.4 is 4.74 Å². The zero-order chi connectivity index (χ0) is 13.2. The lowest BCUT2D eigenvalue weighted by molar-refractivity contribution is -0.386. The summed E-state index contributed by atoms with van der Waals surface area (Å²) in [6.45, 7) is 6.81. The smallest absolute Gasteiger partial charge is 0.311 e. The first-order chi connectivity index (χ1) is 7.82. The largest absolute Gasteiger partial charge is 0.481 e. The first-order valence-corrected chi connectivity index (χ1v) is 5.43. The molecular formula is C12H17NO4. The van der Waals surface area contributed by atoms with E-state index in [4.69, 9.17) is 4.74 Å². The van der Waals surface area contributed by atoms with Gasteiger partial charge in [-0.3, -0.25) is 10.1 Å². The van der Waals surface area contributed by atoms with Crippen molar-refractivity contribution >= 4 is 5.69 Å². The fraction of sp³-hybridized carbons (Fsp3) is 0.500. The van der Waals surface area contributed by atoms with Crippen molar-refractivity contribution in [1.29, 1.82) is 0 Å². The molecule has 1 N–H and O–H groups in total. The molecule has 0 bridgehead atoms. The minimum absolute atomic E-state index is 0.0602. The molecule has 0 heterocycles. The van der Waals surface area contributed by atoms with Crippen molar-refractivity contribution in [1.82, 2.24) is 0 Å². The van der Waals surface area contributed by atoms with Gasteiger partial charge in [-0.1, -0.05) is 6.07 Å². The zero-order valence-electron chi connectivity index (χ0n) is 10.4. The molecule has 1 rings (SSSR count). The van der Waals surface area contributed by atoms with Crippen LogP contribution in [0.15, 0.2) is 12.1 Å². The van der Waals surface area contributed by atoms with Gasteiger partial charge in [-0.2, -0.15) is 0 Å². The van der Waals surface area contributed by atoms with E-state index in [1.165, 1.54) is 6.07 Å². The molecule has 0 aliphatic heterocycles. The number of aryl methyl sites for hydroxylation is 2. The SMILES string of the molecule is Cc1cc(C)c(OC(C)C(C)O)c([N+](=O)[O-])c1. The van der Waals surface area contributed by atoms with Gasteiger partial charge in [0.1, 0.15) is 6.10 Å². The molecule has 0 aromatic heterocycles. The summed E-state index contributed by atoms with van der Waals surface area (Å²) in [6.07, 6.45) is -1.18. The molecular weight excluding hydrogens is 222 g/mol. The fourth-order valence-electron chi connectivity index (χ4n) is 1.51. The lowest BCUT2D eigenvalue weighted by atomic mass is 10.1. The third-order valence-corrected chi connectivity index (χ3v) is 2.58. The van der Waals surface area contributed by atoms with Crippen LogP contribution in [0.5, 0.6) is 5.75 Å². The molecule has 5 heteroatoms. The van der Waals surface area contributed by atoms with Gasteiger partial charge >= 0.3 is 5.69 Å². The maximum atomic E-state index is 10.9. The molecule has 2 atom stereocenters. The van der Waals surface area contributed by atoms with Crippen LogP contribution in [0.25, 0.3) is 0 Å². The Hall–Kier alpha value is -1.62. The van der Waals surface area contributed by atoms with Gasteiger partial charge in [-0.15, -0.1) is 0 Å². The van der Waals surface area contributed by atoms with Crippen molar-refractivity contribution in [3.63, 3.8) is 0 Å². The number of benzene rings is 1. The van der Waals surface area contributed by atoms with Crippen molar-refractivity contribution in [2.24, 2.45) is 0 Å². The topological polar surface area (TPSA) is 72.6 Å². The molecule has 0 fully saturated rings. The quantitative estimate of drug-likeness (QED) is 0.646. The van der Waals surface area contributed by atoms with E-state index in [1.807, 2.05) is 6.07 Å². The second-order valence-electron chi connectivity index (χ2n) is 4.25. The number of aliphatic hydroxyl groups excluding tert-OH is 1. The van der Waals surface area contributed by atoms with Crippen LogP contribution in [0.2, 0.25) is 0 Å². The Labute approximate surface area is 100 Å². The molecule has 0 aliphatic carbocycles. The van der Waals surface area contributed by atoms with Crippen LogP contribution in [0.3, 0.4) is 0 Å². The summed E-state index contributed by atoms with van der Waals surface area (Å²) in [5.74, 6) is 0.231. The highest BCUT2D eigenvalue weighted by molar-refractivity contribution is 5.53. The van der Waals surface area contributed by atoms with E-state index >= 15 is 0 Å². The average Bonchev–Trinajstić information content (AvgIpc) is 2.20. The lowest BCUT2D eigenvalue weighted by Gasteiger charge is -2.18. The van der Waals surface area contributed by atoms with Gasteiger partial charge in [0.2, 0.25) is 0 Å². The summed E-state index contributed by atoms with van der Waals surface area (Å²) >= 11 is 0. The highest BCUT2D eigenvalue weighted by Crippen LogP contribution is 2.33. The van der Waals surface area contributed by atoms with Crippen molar-refractivity contribution in [2.75, 3.05) is 0 Å². The second kappa shape index (κ2) is 5.14. The summed E-state index contributed by atoms with van der Waals surface area (Å²) in [6, 6.07) is 3.29. The van der Waals surface area contributed by atoms with E-state index in [1.54, 1.807) is 27.7 Å². The van der Waals surface area contributed by atoms with Gasteiger partial charge in [0, 0.05) is 6.07 Å². The van der Waals surface area contributed by atoms with Crippen molar-refractivity contribution in [3.8, 4) is 5.75 Å². The Bertz CT molecular complexity index is 429. The minimum Gasteiger partial charge on any atom is -0.481 e. The van der Waals surface area contributed by atoms with E-state index in [-0.39, 0.29) is 11.4 Å². The number of rotatable bonds is 4. The van der Waals surface area contributed by atoms with E-state index in [0.717, 1.165) is 5.56 Å². The molecule has 0 amide bonds. The van der Waals surface area contributed by atoms with Crippen LogP contribution >= 0.6 is 0 Å². The number of hydrogen-bond donors (Lipinski definition) is 1. The molecule has 2 unspecified atom stereocenters. The Kier molecular flexibility index (Phi) is 4.07. The summed E-state index contributed by atoms with van der Waals surface area (Å²) in [4.78, 5) is 10.5. The Balaban J connectivity index is 3.17. The van der Waals surface area contributed by atoms with Gasteiger partial charge in [0.05, 0.1) is 11.0 Å². The molecule has 94 valence electrons. The predicted molar refractivity (Wildman–Crippen MR) is 64.3 cm³/mol. The van der Waals surface area contributed by atoms with E-state index in [0.29, 0.717) is 5.56 Å². The molecule has 17 heavy (non-hydrogen) atoms. The van der Waals surface area contributed by atoms with Gasteiger partial charge < -0.3 is 9.84 Å². The third kappa shape index (κ3) is 3.17. The summed E-state index contributed by atoms with van der Waals surface area (Å²) < 4.78 is 5.46. The molecule has 1 aromatic rings. The van der Waals surface area contributed by atoms with Gasteiger partial charge in [0.15, 0.2) is 5.75 Å². The molecule has 0 saturated heterocycles. The van der Waals surface area contributed by atoms with Crippen LogP contribution in [0.1, 0.15) is 25.0 Å². The molecule has 0 spiro atoms. The van der Waals surface area contributed by atoms with Gasteiger partial charge in [0.25, 0.3) is 0 Å². The monoisotopic (exact) mass is 239 g/mol. The second-order valence-corrected chi connectivity index (χ2v) is 4.25. The van der Waals surface area contributed by atoms with Crippen LogP contribution in [-0.4, -0.2) is 22.2 Å². The molecule has 5 nitrogen and oxygen atoms in total. The number of nitro groups is 1. The number of ether oxygens (including phenoxy) is 1. The van der Waals surface area contributed by atoms with Crippen molar-refractivity contribution in [3.05, 3.63) is 33.4 Å². The summed E-state index contributed by atoms with van der Waals surface area (Å²) in [5.41, 5.74) is 1.45. The Morgan fingerprint density at radius 1 is 1.35 bits per heavy atom. The number of nitrogens with zero attached hydrogens (tertiary/aromatic N) is 1. The molecule has 0 aliphatic rings. The minimum atomic E-state index is -0.685. The van der Waals surface area contributed by atoms with Crippen molar-refractivity contribution < 1.29 is 14.8 Å². The molecule has 0 saturated carbocycles. The van der Waals surface area contributed by atoms with Gasteiger partial charge in [-0.25, -0.2) is 0 Å². The van der Waals surface area contributed by atoms with Crippen molar-refractivity contribution in [2.45, 2.75) is 39.9 Å². The standard InChI is InChI=1S/C12H17NO4/c1-7-5-8(2)12(11(6-7)13(15)16)17-10(4)9(3)14/h5-6,9-10,14H,1-4H3. The fourth-order valence-corrected chi connectivity index (χ4v) is 1.51. The van der Waals surface area contributed by atoms with E-state index < -0.39 is 17.1 Å². The maximum absolute atomic E-state index is 10.9. The zero-order valence-corrected chi connectivity index (χ0v) is 10.4. The first kappa shape index (κ1) is 13.4. The lowest BCUT2D eigenvalue weighted by Crippen LogP contribution is -2.26. The number of hydrogen-bond acceptors (Lipinski definition) is 4. The average molecular weight is 239 g/mol. The first-order valence-electron chi connectivity index (χ1n) is 5.43. The Morgan fingerprint density at radius 3 is 2.41 bits per heavy atom. The molecule has 0 radical (unpaired) electrons.